The smallest absolute Gasteiger partial charge is 0.215 e. The Hall–Kier alpha value is -2.92. The molecule has 0 aliphatic heterocycles. The normalized spacial score (nSPS) is 11.6. The first-order valence-electron chi connectivity index (χ1n) is 8.74. The maximum atomic E-state index is 13.2. The van der Waals surface area contributed by atoms with E-state index < -0.39 is 27.4 Å². The maximum absolute atomic E-state index is 13.2. The van der Waals surface area contributed by atoms with E-state index in [9.17, 15) is 17.2 Å². The van der Waals surface area contributed by atoms with E-state index in [0.717, 1.165) is 23.5 Å². The zero-order valence-corrected chi connectivity index (χ0v) is 16.7. The number of hydrogen-bond donors (Lipinski definition) is 2. The van der Waals surface area contributed by atoms with Crippen LogP contribution in [0.1, 0.15) is 17.0 Å². The average Bonchev–Trinajstić information content (AvgIpc) is 2.96. The fraction of sp³-hybridized carbons (Fsp3) is 0.278. The monoisotopic (exact) mass is 422 g/mol. The molecular weight excluding hydrogens is 402 g/mol. The fourth-order valence-corrected chi connectivity index (χ4v) is 3.90. The van der Waals surface area contributed by atoms with Crippen molar-refractivity contribution in [1.29, 1.82) is 0 Å². The number of nitrogens with zero attached hydrogens (tertiary/aromatic N) is 4. The van der Waals surface area contributed by atoms with E-state index >= 15 is 0 Å². The van der Waals surface area contributed by atoms with Gasteiger partial charge in [0, 0.05) is 30.9 Å². The molecule has 29 heavy (non-hydrogen) atoms. The molecule has 11 heteroatoms. The Morgan fingerprint density at radius 1 is 1.00 bits per heavy atom. The lowest BCUT2D eigenvalue weighted by molar-refractivity contribution is 0.575. The number of nitrogens with one attached hydrogen (secondary N) is 2. The predicted octanol–water partition coefficient (Wildman–Crippen LogP) is 2.09. The molecule has 154 valence electrons. The number of aryl methyl sites for hydroxylation is 2. The number of anilines is 1. The summed E-state index contributed by atoms with van der Waals surface area (Å²) in [5.41, 5.74) is 1.82. The average molecular weight is 422 g/mol. The second-order valence-electron chi connectivity index (χ2n) is 6.46. The lowest BCUT2D eigenvalue weighted by atomic mass is 10.2. The Labute approximate surface area is 167 Å². The number of hydrogen-bond acceptors (Lipinski definition) is 6. The van der Waals surface area contributed by atoms with Crippen LogP contribution in [0.4, 0.5) is 14.6 Å². The summed E-state index contributed by atoms with van der Waals surface area (Å²) in [7, 11) is -3.75. The highest BCUT2D eigenvalue weighted by atomic mass is 32.2. The van der Waals surface area contributed by atoms with Crippen LogP contribution in [-0.2, 0) is 15.8 Å². The van der Waals surface area contributed by atoms with Crippen molar-refractivity contribution in [2.24, 2.45) is 0 Å². The third-order valence-corrected chi connectivity index (χ3v) is 5.27. The molecule has 0 saturated heterocycles. The molecule has 2 heterocycles. The summed E-state index contributed by atoms with van der Waals surface area (Å²) in [6.45, 7) is 4.12. The van der Waals surface area contributed by atoms with Crippen LogP contribution in [0, 0.1) is 25.5 Å². The van der Waals surface area contributed by atoms with Crippen molar-refractivity contribution < 1.29 is 17.2 Å². The Morgan fingerprint density at radius 3 is 2.38 bits per heavy atom. The van der Waals surface area contributed by atoms with Gasteiger partial charge in [-0.3, -0.25) is 0 Å². The Kier molecular flexibility index (Phi) is 6.18. The molecule has 0 amide bonds. The van der Waals surface area contributed by atoms with Crippen molar-refractivity contribution in [1.82, 2.24) is 24.5 Å². The van der Waals surface area contributed by atoms with Gasteiger partial charge in [0.1, 0.15) is 23.8 Å². The van der Waals surface area contributed by atoms with E-state index in [1.807, 2.05) is 19.9 Å². The van der Waals surface area contributed by atoms with Crippen LogP contribution >= 0.6 is 0 Å². The van der Waals surface area contributed by atoms with Crippen LogP contribution < -0.4 is 10.0 Å². The van der Waals surface area contributed by atoms with Gasteiger partial charge in [-0.15, -0.1) is 0 Å². The Balaban J connectivity index is 1.55. The van der Waals surface area contributed by atoms with Crippen LogP contribution in [0.15, 0.2) is 36.7 Å². The molecule has 0 unspecified atom stereocenters. The number of halogens is 2. The third kappa shape index (κ3) is 5.78. The molecule has 0 radical (unpaired) electrons. The molecule has 0 atom stereocenters. The van der Waals surface area contributed by atoms with E-state index in [1.165, 1.54) is 6.33 Å². The highest BCUT2D eigenvalue weighted by Gasteiger charge is 2.13. The second-order valence-corrected chi connectivity index (χ2v) is 8.27. The lowest BCUT2D eigenvalue weighted by Gasteiger charge is -2.10. The molecule has 0 spiro atoms. The van der Waals surface area contributed by atoms with Crippen LogP contribution in [0.3, 0.4) is 0 Å². The molecule has 0 saturated carbocycles. The van der Waals surface area contributed by atoms with Gasteiger partial charge in [-0.05, 0) is 37.6 Å². The zero-order valence-electron chi connectivity index (χ0n) is 15.9. The summed E-state index contributed by atoms with van der Waals surface area (Å²) < 4.78 is 54.6. The predicted molar refractivity (Wildman–Crippen MR) is 104 cm³/mol. The molecule has 3 aromatic rings. The minimum atomic E-state index is -3.75. The summed E-state index contributed by atoms with van der Waals surface area (Å²) in [4.78, 5) is 8.29. The van der Waals surface area contributed by atoms with E-state index in [2.05, 4.69) is 25.1 Å². The van der Waals surface area contributed by atoms with Gasteiger partial charge in [-0.1, -0.05) is 0 Å². The molecule has 0 fully saturated rings. The summed E-state index contributed by atoms with van der Waals surface area (Å²) in [5.74, 6) is -1.06. The largest absolute Gasteiger partial charge is 0.369 e. The number of rotatable bonds is 8. The van der Waals surface area contributed by atoms with Crippen LogP contribution in [-0.4, -0.2) is 41.3 Å². The van der Waals surface area contributed by atoms with E-state index in [4.69, 9.17) is 0 Å². The molecular formula is C18H20F2N6O2S. The van der Waals surface area contributed by atoms with Gasteiger partial charge in [0.05, 0.1) is 11.4 Å². The van der Waals surface area contributed by atoms with Crippen LogP contribution in [0.5, 0.6) is 0 Å². The molecule has 0 aliphatic carbocycles. The lowest BCUT2D eigenvalue weighted by Crippen LogP contribution is -2.30. The van der Waals surface area contributed by atoms with Crippen molar-refractivity contribution >= 4 is 15.8 Å². The molecule has 2 aromatic heterocycles. The topological polar surface area (TPSA) is 102 Å². The standard InChI is InChI=1S/C18H20F2N6O2S/c1-12-5-13(2)26(25-12)18-9-17(22-11-23-18)21-3-4-24-29(27,28)10-14-6-15(19)8-16(20)7-14/h5-9,11,24H,3-4,10H2,1-2H3,(H,21,22,23). The number of sulfonamides is 1. The van der Waals surface area contributed by atoms with E-state index in [1.54, 1.807) is 10.7 Å². The number of benzene rings is 1. The summed E-state index contributed by atoms with van der Waals surface area (Å²) >= 11 is 0. The Bertz CT molecular complexity index is 1100. The van der Waals surface area contributed by atoms with Crippen molar-refractivity contribution in [2.75, 3.05) is 18.4 Å². The van der Waals surface area contributed by atoms with Gasteiger partial charge in [0.25, 0.3) is 0 Å². The van der Waals surface area contributed by atoms with Crippen molar-refractivity contribution in [3.63, 3.8) is 0 Å². The van der Waals surface area contributed by atoms with Crippen molar-refractivity contribution in [3.8, 4) is 5.82 Å². The molecule has 3 rings (SSSR count). The Morgan fingerprint density at radius 2 is 1.72 bits per heavy atom. The maximum Gasteiger partial charge on any atom is 0.215 e. The molecule has 2 N–H and O–H groups in total. The SMILES string of the molecule is Cc1cc(C)n(-c2cc(NCCNS(=O)(=O)Cc3cc(F)cc(F)c3)ncn2)n1. The quantitative estimate of drug-likeness (QED) is 0.539. The zero-order chi connectivity index (χ0) is 21.0. The highest BCUT2D eigenvalue weighted by Crippen LogP contribution is 2.13. The first-order valence-corrected chi connectivity index (χ1v) is 10.4. The van der Waals surface area contributed by atoms with Gasteiger partial charge in [0.15, 0.2) is 5.82 Å². The van der Waals surface area contributed by atoms with Crippen molar-refractivity contribution in [2.45, 2.75) is 19.6 Å². The fourth-order valence-electron chi connectivity index (χ4n) is 2.78. The summed E-state index contributed by atoms with van der Waals surface area (Å²) in [5, 5.41) is 7.35. The van der Waals surface area contributed by atoms with Crippen LogP contribution in [0.25, 0.3) is 5.82 Å². The van der Waals surface area contributed by atoms with Gasteiger partial charge in [-0.25, -0.2) is 36.6 Å². The minimum absolute atomic E-state index is 0.0355. The first kappa shape index (κ1) is 20.8. The molecule has 8 nitrogen and oxygen atoms in total. The van der Waals surface area contributed by atoms with Crippen molar-refractivity contribution in [3.05, 3.63) is 65.2 Å². The minimum Gasteiger partial charge on any atom is -0.369 e. The third-order valence-electron chi connectivity index (χ3n) is 3.91. The highest BCUT2D eigenvalue weighted by molar-refractivity contribution is 7.88. The van der Waals surface area contributed by atoms with Gasteiger partial charge >= 0.3 is 0 Å². The van der Waals surface area contributed by atoms with Gasteiger partial charge in [-0.2, -0.15) is 5.10 Å². The van der Waals surface area contributed by atoms with Gasteiger partial charge < -0.3 is 5.32 Å². The molecule has 0 aliphatic rings. The van der Waals surface area contributed by atoms with E-state index in [0.29, 0.717) is 17.7 Å². The van der Waals surface area contributed by atoms with Gasteiger partial charge in [0.2, 0.25) is 10.0 Å². The molecule has 1 aromatic carbocycles. The molecule has 0 bridgehead atoms. The van der Waals surface area contributed by atoms with Crippen LogP contribution in [0.2, 0.25) is 0 Å². The van der Waals surface area contributed by atoms with E-state index in [-0.39, 0.29) is 18.7 Å². The number of aromatic nitrogens is 4. The summed E-state index contributed by atoms with van der Waals surface area (Å²) in [6, 6.07) is 6.29. The second kappa shape index (κ2) is 8.62. The first-order chi connectivity index (χ1) is 13.7. The summed E-state index contributed by atoms with van der Waals surface area (Å²) in [6.07, 6.45) is 1.39.